The highest BCUT2D eigenvalue weighted by molar-refractivity contribution is 5.95. The zero-order chi connectivity index (χ0) is 16.2. The molecule has 0 spiro atoms. The maximum absolute atomic E-state index is 12.5. The van der Waals surface area contributed by atoms with Gasteiger partial charge in [0.1, 0.15) is 0 Å². The SMILES string of the molecule is Cc1ccc(C(=O)NCC2(N(C)C)CCCCCC2)c(C)c1. The predicted octanol–water partition coefficient (Wildman–Crippen LogP) is 3.69. The van der Waals surface area contributed by atoms with Gasteiger partial charge in [-0.3, -0.25) is 4.79 Å². The van der Waals surface area contributed by atoms with E-state index < -0.39 is 0 Å². The molecule has 22 heavy (non-hydrogen) atoms. The van der Waals surface area contributed by atoms with Crippen molar-refractivity contribution in [1.29, 1.82) is 0 Å². The fraction of sp³-hybridized carbons (Fsp3) is 0.632. The van der Waals surface area contributed by atoms with Crippen molar-refractivity contribution in [2.45, 2.75) is 57.9 Å². The molecule has 122 valence electrons. The van der Waals surface area contributed by atoms with Crippen LogP contribution in [0.4, 0.5) is 0 Å². The van der Waals surface area contributed by atoms with E-state index in [0.29, 0.717) is 0 Å². The van der Waals surface area contributed by atoms with Crippen molar-refractivity contribution in [2.75, 3.05) is 20.6 Å². The third kappa shape index (κ3) is 3.89. The largest absolute Gasteiger partial charge is 0.350 e. The molecule has 0 aromatic heterocycles. The zero-order valence-electron chi connectivity index (χ0n) is 14.5. The summed E-state index contributed by atoms with van der Waals surface area (Å²) in [7, 11) is 4.29. The summed E-state index contributed by atoms with van der Waals surface area (Å²) in [6.45, 7) is 4.81. The molecule has 1 aliphatic carbocycles. The molecule has 0 aliphatic heterocycles. The van der Waals surface area contributed by atoms with Gasteiger partial charge in [0.05, 0.1) is 0 Å². The standard InChI is InChI=1S/C19H30N2O/c1-15-9-10-17(16(2)13-15)18(22)20-14-19(21(3)4)11-7-5-6-8-12-19/h9-10,13H,5-8,11-12,14H2,1-4H3,(H,20,22). The summed E-state index contributed by atoms with van der Waals surface area (Å²) in [5, 5.41) is 3.20. The van der Waals surface area contributed by atoms with Gasteiger partial charge in [-0.2, -0.15) is 0 Å². The van der Waals surface area contributed by atoms with Crippen LogP contribution >= 0.6 is 0 Å². The van der Waals surface area contributed by atoms with Crippen LogP contribution in [0.2, 0.25) is 0 Å². The van der Waals surface area contributed by atoms with E-state index in [1.54, 1.807) is 0 Å². The van der Waals surface area contributed by atoms with Crippen molar-refractivity contribution in [3.8, 4) is 0 Å². The van der Waals surface area contributed by atoms with Crippen molar-refractivity contribution in [3.05, 3.63) is 34.9 Å². The van der Waals surface area contributed by atoms with Gasteiger partial charge < -0.3 is 10.2 Å². The van der Waals surface area contributed by atoms with Crippen molar-refractivity contribution in [1.82, 2.24) is 10.2 Å². The van der Waals surface area contributed by atoms with Crippen molar-refractivity contribution in [2.24, 2.45) is 0 Å². The van der Waals surface area contributed by atoms with Crippen molar-refractivity contribution >= 4 is 5.91 Å². The van der Waals surface area contributed by atoms with Gasteiger partial charge in [-0.15, -0.1) is 0 Å². The lowest BCUT2D eigenvalue weighted by Crippen LogP contribution is -2.52. The smallest absolute Gasteiger partial charge is 0.251 e. The minimum absolute atomic E-state index is 0.0583. The molecular formula is C19H30N2O. The van der Waals surface area contributed by atoms with Gasteiger partial charge in [0.25, 0.3) is 5.91 Å². The second kappa shape index (κ2) is 7.28. The molecule has 1 aliphatic rings. The molecule has 1 aromatic carbocycles. The van der Waals surface area contributed by atoms with Gasteiger partial charge >= 0.3 is 0 Å². The number of nitrogens with zero attached hydrogens (tertiary/aromatic N) is 1. The van der Waals surface area contributed by atoms with Crippen LogP contribution in [0.3, 0.4) is 0 Å². The Kier molecular flexibility index (Phi) is 5.63. The number of carbonyl (C=O) groups is 1. The molecular weight excluding hydrogens is 272 g/mol. The number of likely N-dealkylation sites (N-methyl/N-ethyl adjacent to an activating group) is 1. The Balaban J connectivity index is 2.07. The van der Waals surface area contributed by atoms with Crippen LogP contribution in [0, 0.1) is 13.8 Å². The number of rotatable bonds is 4. The Morgan fingerprint density at radius 1 is 1.14 bits per heavy atom. The van der Waals surface area contributed by atoms with Crippen molar-refractivity contribution in [3.63, 3.8) is 0 Å². The fourth-order valence-corrected chi connectivity index (χ4v) is 3.58. The number of hydrogen-bond donors (Lipinski definition) is 1. The van der Waals surface area contributed by atoms with E-state index in [0.717, 1.165) is 17.7 Å². The molecule has 1 aromatic rings. The Morgan fingerprint density at radius 2 is 1.77 bits per heavy atom. The molecule has 1 N–H and O–H groups in total. The molecule has 1 amide bonds. The highest BCUT2D eigenvalue weighted by atomic mass is 16.1. The maximum atomic E-state index is 12.5. The van der Waals surface area contributed by atoms with E-state index in [4.69, 9.17) is 0 Å². The molecule has 0 heterocycles. The molecule has 1 fully saturated rings. The third-order valence-electron chi connectivity index (χ3n) is 5.19. The Hall–Kier alpha value is -1.35. The summed E-state index contributed by atoms with van der Waals surface area (Å²) in [5.41, 5.74) is 3.16. The van der Waals surface area contributed by atoms with E-state index in [1.165, 1.54) is 44.1 Å². The lowest BCUT2D eigenvalue weighted by Gasteiger charge is -2.39. The molecule has 0 atom stereocenters. The number of aryl methyl sites for hydroxylation is 2. The second-order valence-electron chi connectivity index (χ2n) is 7.03. The number of hydrogen-bond acceptors (Lipinski definition) is 2. The first-order valence-electron chi connectivity index (χ1n) is 8.47. The first-order chi connectivity index (χ1) is 10.4. The maximum Gasteiger partial charge on any atom is 0.251 e. The van der Waals surface area contributed by atoms with E-state index in [1.807, 2.05) is 19.1 Å². The minimum Gasteiger partial charge on any atom is -0.350 e. The first-order valence-corrected chi connectivity index (χ1v) is 8.47. The van der Waals surface area contributed by atoms with Crippen molar-refractivity contribution < 1.29 is 4.79 Å². The van der Waals surface area contributed by atoms with E-state index in [9.17, 15) is 4.79 Å². The molecule has 0 radical (unpaired) electrons. The molecule has 1 saturated carbocycles. The molecule has 3 nitrogen and oxygen atoms in total. The highest BCUT2D eigenvalue weighted by Gasteiger charge is 2.33. The fourth-order valence-electron chi connectivity index (χ4n) is 3.58. The molecule has 0 bridgehead atoms. The van der Waals surface area contributed by atoms with Crippen LogP contribution in [-0.4, -0.2) is 37.0 Å². The lowest BCUT2D eigenvalue weighted by atomic mass is 9.88. The normalized spacial score (nSPS) is 18.0. The van der Waals surface area contributed by atoms with E-state index in [2.05, 4.69) is 37.3 Å². The van der Waals surface area contributed by atoms with Crippen LogP contribution in [-0.2, 0) is 0 Å². The molecule has 0 saturated heterocycles. The Bertz CT molecular complexity index is 514. The molecule has 2 rings (SSSR count). The predicted molar refractivity (Wildman–Crippen MR) is 92.4 cm³/mol. The van der Waals surface area contributed by atoms with Crippen LogP contribution in [0.15, 0.2) is 18.2 Å². The third-order valence-corrected chi connectivity index (χ3v) is 5.19. The van der Waals surface area contributed by atoms with Gasteiger partial charge in [0.2, 0.25) is 0 Å². The number of carbonyl (C=O) groups excluding carboxylic acids is 1. The number of nitrogens with one attached hydrogen (secondary N) is 1. The summed E-state index contributed by atoms with van der Waals surface area (Å²) in [4.78, 5) is 14.9. The Labute approximate surface area is 135 Å². The molecule has 0 unspecified atom stereocenters. The average Bonchev–Trinajstić information content (AvgIpc) is 2.71. The van der Waals surface area contributed by atoms with Crippen LogP contribution in [0.5, 0.6) is 0 Å². The van der Waals surface area contributed by atoms with Gasteiger partial charge in [0.15, 0.2) is 0 Å². The summed E-state index contributed by atoms with van der Waals surface area (Å²) < 4.78 is 0. The Morgan fingerprint density at radius 3 is 2.32 bits per heavy atom. The lowest BCUT2D eigenvalue weighted by molar-refractivity contribution is 0.0868. The number of benzene rings is 1. The summed E-state index contributed by atoms with van der Waals surface area (Å²) in [6.07, 6.45) is 7.51. The van der Waals surface area contributed by atoms with Crippen LogP contribution in [0.25, 0.3) is 0 Å². The minimum atomic E-state index is 0.0583. The van der Waals surface area contributed by atoms with Gasteiger partial charge in [-0.05, 0) is 52.4 Å². The van der Waals surface area contributed by atoms with Gasteiger partial charge in [-0.1, -0.05) is 43.4 Å². The van der Waals surface area contributed by atoms with Gasteiger partial charge in [-0.25, -0.2) is 0 Å². The first kappa shape index (κ1) is 17.0. The number of amides is 1. The quantitative estimate of drug-likeness (QED) is 0.860. The topological polar surface area (TPSA) is 32.3 Å². The molecule has 3 heteroatoms. The highest BCUT2D eigenvalue weighted by Crippen LogP contribution is 2.30. The second-order valence-corrected chi connectivity index (χ2v) is 7.03. The monoisotopic (exact) mass is 302 g/mol. The summed E-state index contributed by atoms with van der Waals surface area (Å²) in [5.74, 6) is 0.0583. The van der Waals surface area contributed by atoms with E-state index in [-0.39, 0.29) is 11.4 Å². The zero-order valence-corrected chi connectivity index (χ0v) is 14.5. The summed E-state index contributed by atoms with van der Waals surface area (Å²) in [6, 6.07) is 6.02. The average molecular weight is 302 g/mol. The van der Waals surface area contributed by atoms with Crippen LogP contribution < -0.4 is 5.32 Å². The van der Waals surface area contributed by atoms with Crippen LogP contribution in [0.1, 0.15) is 60.0 Å². The van der Waals surface area contributed by atoms with Gasteiger partial charge in [0, 0.05) is 17.6 Å². The summed E-state index contributed by atoms with van der Waals surface area (Å²) >= 11 is 0. The van der Waals surface area contributed by atoms with E-state index >= 15 is 0 Å².